The predicted molar refractivity (Wildman–Crippen MR) is 66.6 cm³/mol. The van der Waals surface area contributed by atoms with E-state index in [1.165, 1.54) is 21.4 Å². The number of aryl methyl sites for hydroxylation is 1. The highest BCUT2D eigenvalue weighted by Gasteiger charge is 2.28. The van der Waals surface area contributed by atoms with Gasteiger partial charge in [0.25, 0.3) is 0 Å². The zero-order chi connectivity index (χ0) is 13.2. The Kier molecular flexibility index (Phi) is 4.04. The fourth-order valence-corrected chi connectivity index (χ4v) is 3.60. The average Bonchev–Trinajstić information content (AvgIpc) is 2.96. The molecule has 2 rings (SSSR count). The van der Waals surface area contributed by atoms with E-state index in [1.807, 2.05) is 6.92 Å². The molecular weight excluding hydrogens is 254 g/mol. The fraction of sp³-hybridized carbons (Fsp3) is 0.727. The van der Waals surface area contributed by atoms with Crippen LogP contribution in [-0.2, 0) is 21.8 Å². The molecule has 0 saturated carbocycles. The van der Waals surface area contributed by atoms with Gasteiger partial charge in [0, 0.05) is 32.9 Å². The summed E-state index contributed by atoms with van der Waals surface area (Å²) >= 11 is 0. The first-order chi connectivity index (χ1) is 8.54. The van der Waals surface area contributed by atoms with Gasteiger partial charge in [0.05, 0.1) is 12.8 Å². The predicted octanol–water partition coefficient (Wildman–Crippen LogP) is 0.467. The SMILES string of the molecule is CCN(C[C@@H]1CCOC1)S(=O)(=O)c1cnn(C)c1. The summed E-state index contributed by atoms with van der Waals surface area (Å²) in [5.74, 6) is 0.302. The van der Waals surface area contributed by atoms with Crippen LogP contribution < -0.4 is 0 Å². The summed E-state index contributed by atoms with van der Waals surface area (Å²) < 4.78 is 33.1. The van der Waals surface area contributed by atoms with Crippen LogP contribution in [-0.4, -0.2) is 48.8 Å². The molecule has 102 valence electrons. The summed E-state index contributed by atoms with van der Waals surface area (Å²) in [6, 6.07) is 0. The molecule has 1 atom stereocenters. The highest BCUT2D eigenvalue weighted by Crippen LogP contribution is 2.19. The van der Waals surface area contributed by atoms with E-state index in [2.05, 4.69) is 5.10 Å². The van der Waals surface area contributed by atoms with Crippen molar-refractivity contribution in [1.82, 2.24) is 14.1 Å². The molecule has 0 spiro atoms. The van der Waals surface area contributed by atoms with Gasteiger partial charge in [-0.25, -0.2) is 8.42 Å². The van der Waals surface area contributed by atoms with Crippen LogP contribution >= 0.6 is 0 Å². The molecule has 0 aliphatic carbocycles. The van der Waals surface area contributed by atoms with Crippen molar-refractivity contribution in [2.45, 2.75) is 18.2 Å². The molecule has 7 heteroatoms. The number of ether oxygens (including phenoxy) is 1. The van der Waals surface area contributed by atoms with Gasteiger partial charge in [0.1, 0.15) is 4.90 Å². The molecule has 1 aliphatic heterocycles. The molecular formula is C11H19N3O3S. The Balaban J connectivity index is 2.15. The lowest BCUT2D eigenvalue weighted by atomic mass is 10.1. The number of hydrogen-bond acceptors (Lipinski definition) is 4. The van der Waals surface area contributed by atoms with Crippen molar-refractivity contribution in [3.63, 3.8) is 0 Å². The summed E-state index contributed by atoms with van der Waals surface area (Å²) in [7, 11) is -1.71. The molecule has 0 aromatic carbocycles. The normalized spacial score (nSPS) is 20.7. The molecule has 0 bridgehead atoms. The number of sulfonamides is 1. The van der Waals surface area contributed by atoms with E-state index >= 15 is 0 Å². The lowest BCUT2D eigenvalue weighted by Gasteiger charge is -2.22. The molecule has 6 nitrogen and oxygen atoms in total. The molecule has 0 radical (unpaired) electrons. The van der Waals surface area contributed by atoms with E-state index in [1.54, 1.807) is 7.05 Å². The smallest absolute Gasteiger partial charge is 0.246 e. The minimum Gasteiger partial charge on any atom is -0.381 e. The van der Waals surface area contributed by atoms with Crippen molar-refractivity contribution in [1.29, 1.82) is 0 Å². The van der Waals surface area contributed by atoms with Crippen LogP contribution in [0.4, 0.5) is 0 Å². The van der Waals surface area contributed by atoms with Crippen molar-refractivity contribution in [2.75, 3.05) is 26.3 Å². The molecule has 1 aromatic rings. The highest BCUT2D eigenvalue weighted by molar-refractivity contribution is 7.89. The van der Waals surface area contributed by atoms with E-state index in [0.29, 0.717) is 25.6 Å². The molecule has 1 aliphatic rings. The number of aromatic nitrogens is 2. The van der Waals surface area contributed by atoms with Crippen molar-refractivity contribution in [2.24, 2.45) is 13.0 Å². The molecule has 1 aromatic heterocycles. The van der Waals surface area contributed by atoms with Crippen LogP contribution in [0.2, 0.25) is 0 Å². The molecule has 1 fully saturated rings. The van der Waals surface area contributed by atoms with Gasteiger partial charge >= 0.3 is 0 Å². The monoisotopic (exact) mass is 273 g/mol. The summed E-state index contributed by atoms with van der Waals surface area (Å²) in [6.07, 6.45) is 3.85. The second kappa shape index (κ2) is 5.38. The maximum Gasteiger partial charge on any atom is 0.246 e. The van der Waals surface area contributed by atoms with Crippen molar-refractivity contribution in [3.8, 4) is 0 Å². The maximum atomic E-state index is 12.4. The van der Waals surface area contributed by atoms with Crippen LogP contribution in [0.25, 0.3) is 0 Å². The molecule has 0 N–H and O–H groups in total. The third kappa shape index (κ3) is 2.73. The van der Waals surface area contributed by atoms with Gasteiger partial charge in [-0.15, -0.1) is 0 Å². The molecule has 2 heterocycles. The van der Waals surface area contributed by atoms with Gasteiger partial charge in [-0.05, 0) is 12.3 Å². The zero-order valence-corrected chi connectivity index (χ0v) is 11.6. The van der Waals surface area contributed by atoms with Gasteiger partial charge in [-0.1, -0.05) is 6.92 Å². The largest absolute Gasteiger partial charge is 0.381 e. The second-order valence-electron chi connectivity index (χ2n) is 4.53. The number of rotatable bonds is 5. The van der Waals surface area contributed by atoms with E-state index in [0.717, 1.165) is 13.0 Å². The first kappa shape index (κ1) is 13.5. The van der Waals surface area contributed by atoms with Crippen LogP contribution in [0.3, 0.4) is 0 Å². The average molecular weight is 273 g/mol. The van der Waals surface area contributed by atoms with Crippen molar-refractivity contribution >= 4 is 10.0 Å². The lowest BCUT2D eigenvalue weighted by molar-refractivity contribution is 0.181. The van der Waals surface area contributed by atoms with Gasteiger partial charge < -0.3 is 4.74 Å². The van der Waals surface area contributed by atoms with E-state index in [9.17, 15) is 8.42 Å². The second-order valence-corrected chi connectivity index (χ2v) is 6.47. The first-order valence-electron chi connectivity index (χ1n) is 6.10. The van der Waals surface area contributed by atoms with E-state index in [-0.39, 0.29) is 4.90 Å². The zero-order valence-electron chi connectivity index (χ0n) is 10.7. The Labute approximate surface area is 108 Å². The quantitative estimate of drug-likeness (QED) is 0.782. The first-order valence-corrected chi connectivity index (χ1v) is 7.54. The molecule has 18 heavy (non-hydrogen) atoms. The van der Waals surface area contributed by atoms with Gasteiger partial charge in [0.2, 0.25) is 10.0 Å². The Morgan fingerprint density at radius 3 is 2.89 bits per heavy atom. The Bertz CT molecular complexity index is 491. The van der Waals surface area contributed by atoms with Crippen LogP contribution in [0.15, 0.2) is 17.3 Å². The Morgan fingerprint density at radius 1 is 1.61 bits per heavy atom. The summed E-state index contributed by atoms with van der Waals surface area (Å²) in [4.78, 5) is 0.255. The van der Waals surface area contributed by atoms with E-state index < -0.39 is 10.0 Å². The number of nitrogens with zero attached hydrogens (tertiary/aromatic N) is 3. The summed E-state index contributed by atoms with van der Waals surface area (Å²) in [5.41, 5.74) is 0. The van der Waals surface area contributed by atoms with Crippen LogP contribution in [0.1, 0.15) is 13.3 Å². The highest BCUT2D eigenvalue weighted by atomic mass is 32.2. The fourth-order valence-electron chi connectivity index (χ4n) is 2.09. The maximum absolute atomic E-state index is 12.4. The Morgan fingerprint density at radius 2 is 2.39 bits per heavy atom. The van der Waals surface area contributed by atoms with E-state index in [4.69, 9.17) is 4.74 Å². The minimum atomic E-state index is -3.42. The molecule has 0 amide bonds. The van der Waals surface area contributed by atoms with Crippen molar-refractivity contribution < 1.29 is 13.2 Å². The van der Waals surface area contributed by atoms with Gasteiger partial charge in [-0.3, -0.25) is 4.68 Å². The van der Waals surface area contributed by atoms with Crippen molar-refractivity contribution in [3.05, 3.63) is 12.4 Å². The lowest BCUT2D eigenvalue weighted by Crippen LogP contribution is -2.35. The summed E-state index contributed by atoms with van der Waals surface area (Å²) in [6.45, 7) is 4.22. The number of hydrogen-bond donors (Lipinski definition) is 0. The minimum absolute atomic E-state index is 0.255. The Hall–Kier alpha value is -0.920. The summed E-state index contributed by atoms with van der Waals surface area (Å²) in [5, 5.41) is 3.92. The third-order valence-electron chi connectivity index (χ3n) is 3.16. The molecule has 0 unspecified atom stereocenters. The third-order valence-corrected chi connectivity index (χ3v) is 5.05. The van der Waals surface area contributed by atoms with Crippen LogP contribution in [0, 0.1) is 5.92 Å². The topological polar surface area (TPSA) is 64.4 Å². The van der Waals surface area contributed by atoms with Gasteiger partial charge in [0.15, 0.2) is 0 Å². The molecule has 1 saturated heterocycles. The standard InChI is InChI=1S/C11H19N3O3S/c1-3-14(7-10-4-5-17-9-10)18(15,16)11-6-12-13(2)8-11/h6,8,10H,3-5,7,9H2,1-2H3/t10-/m0/s1. The van der Waals surface area contributed by atoms with Gasteiger partial charge in [-0.2, -0.15) is 9.40 Å². The van der Waals surface area contributed by atoms with Crippen LogP contribution in [0.5, 0.6) is 0 Å².